The normalized spacial score (nSPS) is 10.1. The zero-order chi connectivity index (χ0) is 11.4. The summed E-state index contributed by atoms with van der Waals surface area (Å²) in [6, 6.07) is 11.8. The van der Waals surface area contributed by atoms with Crippen LogP contribution in [0.4, 0.5) is 5.82 Å². The van der Waals surface area contributed by atoms with Gasteiger partial charge in [0.25, 0.3) is 0 Å². The third-order valence-corrected chi connectivity index (χ3v) is 2.70. The predicted octanol–water partition coefficient (Wildman–Crippen LogP) is 3.66. The van der Waals surface area contributed by atoms with Crippen molar-refractivity contribution >= 4 is 17.4 Å². The van der Waals surface area contributed by atoms with Gasteiger partial charge in [-0.15, -0.1) is 0 Å². The molecule has 0 saturated heterocycles. The Kier molecular flexibility index (Phi) is 3.42. The number of halogens is 1. The first-order valence-electron chi connectivity index (χ1n) is 5.15. The van der Waals surface area contributed by atoms with Gasteiger partial charge in [0.05, 0.1) is 0 Å². The summed E-state index contributed by atoms with van der Waals surface area (Å²) in [6.45, 7) is 2.71. The fourth-order valence-corrected chi connectivity index (χ4v) is 1.60. The van der Waals surface area contributed by atoms with E-state index in [1.165, 1.54) is 0 Å². The van der Waals surface area contributed by atoms with E-state index in [9.17, 15) is 0 Å². The second kappa shape index (κ2) is 4.99. The lowest BCUT2D eigenvalue weighted by Gasteiger charge is -2.07. The van der Waals surface area contributed by atoms with Crippen LogP contribution in [0.15, 0.2) is 42.6 Å². The van der Waals surface area contributed by atoms with Crippen molar-refractivity contribution in [2.24, 2.45) is 0 Å². The third-order valence-electron chi connectivity index (χ3n) is 2.33. The van der Waals surface area contributed by atoms with E-state index in [-0.39, 0.29) is 0 Å². The fraction of sp³-hybridized carbons (Fsp3) is 0.154. The van der Waals surface area contributed by atoms with E-state index in [1.54, 1.807) is 0 Å². The molecule has 16 heavy (non-hydrogen) atoms. The maximum Gasteiger partial charge on any atom is 0.126 e. The van der Waals surface area contributed by atoms with Crippen molar-refractivity contribution in [2.45, 2.75) is 13.5 Å². The van der Waals surface area contributed by atoms with Gasteiger partial charge in [-0.3, -0.25) is 0 Å². The summed E-state index contributed by atoms with van der Waals surface area (Å²) >= 11 is 6.06. The standard InChI is InChI=1S/C13H13ClN2/c1-10-6-7-13(15-8-10)16-9-11-4-2-3-5-12(11)14/h2-8H,9H2,1H3,(H,15,16). The molecule has 1 aromatic heterocycles. The number of pyridine rings is 1. The van der Waals surface area contributed by atoms with Crippen LogP contribution in [0.3, 0.4) is 0 Å². The highest BCUT2D eigenvalue weighted by Crippen LogP contribution is 2.16. The molecular formula is C13H13ClN2. The Bertz CT molecular complexity index is 466. The number of benzene rings is 1. The van der Waals surface area contributed by atoms with Crippen LogP contribution in [0.25, 0.3) is 0 Å². The van der Waals surface area contributed by atoms with E-state index >= 15 is 0 Å². The smallest absolute Gasteiger partial charge is 0.126 e. The van der Waals surface area contributed by atoms with Gasteiger partial charge in [-0.05, 0) is 30.2 Å². The Morgan fingerprint density at radius 1 is 1.19 bits per heavy atom. The molecule has 1 heterocycles. The number of aryl methyl sites for hydroxylation is 1. The second-order valence-electron chi connectivity index (χ2n) is 3.67. The van der Waals surface area contributed by atoms with E-state index < -0.39 is 0 Å². The van der Waals surface area contributed by atoms with Crippen LogP contribution in [0.5, 0.6) is 0 Å². The molecule has 0 unspecified atom stereocenters. The van der Waals surface area contributed by atoms with E-state index in [0.717, 1.165) is 22.0 Å². The quantitative estimate of drug-likeness (QED) is 0.874. The lowest BCUT2D eigenvalue weighted by Crippen LogP contribution is -2.01. The average molecular weight is 233 g/mol. The highest BCUT2D eigenvalue weighted by atomic mass is 35.5. The maximum absolute atomic E-state index is 6.06. The number of rotatable bonds is 3. The molecule has 82 valence electrons. The molecule has 2 aromatic rings. The largest absolute Gasteiger partial charge is 0.366 e. The monoisotopic (exact) mass is 232 g/mol. The zero-order valence-electron chi connectivity index (χ0n) is 9.07. The minimum Gasteiger partial charge on any atom is -0.366 e. The Morgan fingerprint density at radius 2 is 2.00 bits per heavy atom. The Morgan fingerprint density at radius 3 is 2.69 bits per heavy atom. The Hall–Kier alpha value is -1.54. The van der Waals surface area contributed by atoms with Gasteiger partial charge in [-0.1, -0.05) is 35.9 Å². The van der Waals surface area contributed by atoms with Crippen LogP contribution in [0, 0.1) is 6.92 Å². The lowest BCUT2D eigenvalue weighted by atomic mass is 10.2. The van der Waals surface area contributed by atoms with E-state index in [0.29, 0.717) is 6.54 Å². The summed E-state index contributed by atoms with van der Waals surface area (Å²) in [6.07, 6.45) is 1.84. The summed E-state index contributed by atoms with van der Waals surface area (Å²) in [4.78, 5) is 4.27. The molecule has 0 radical (unpaired) electrons. The summed E-state index contributed by atoms with van der Waals surface area (Å²) in [5.41, 5.74) is 2.23. The summed E-state index contributed by atoms with van der Waals surface area (Å²) in [5, 5.41) is 4.01. The molecule has 1 aromatic carbocycles. The topological polar surface area (TPSA) is 24.9 Å². The minimum absolute atomic E-state index is 0.690. The molecule has 0 aliphatic rings. The molecule has 3 heteroatoms. The molecule has 0 bridgehead atoms. The SMILES string of the molecule is Cc1ccc(NCc2ccccc2Cl)nc1. The molecule has 0 saturated carbocycles. The van der Waals surface area contributed by atoms with Crippen LogP contribution in [-0.4, -0.2) is 4.98 Å². The van der Waals surface area contributed by atoms with E-state index in [2.05, 4.69) is 10.3 Å². The van der Waals surface area contributed by atoms with Crippen molar-refractivity contribution in [1.29, 1.82) is 0 Å². The van der Waals surface area contributed by atoms with Crippen LogP contribution in [0.1, 0.15) is 11.1 Å². The first kappa shape index (κ1) is 11.0. The molecule has 2 nitrogen and oxygen atoms in total. The van der Waals surface area contributed by atoms with Gasteiger partial charge in [0, 0.05) is 17.8 Å². The number of anilines is 1. The lowest BCUT2D eigenvalue weighted by molar-refractivity contribution is 1.11. The zero-order valence-corrected chi connectivity index (χ0v) is 9.83. The highest BCUT2D eigenvalue weighted by molar-refractivity contribution is 6.31. The van der Waals surface area contributed by atoms with Crippen molar-refractivity contribution < 1.29 is 0 Å². The maximum atomic E-state index is 6.06. The van der Waals surface area contributed by atoms with E-state index in [4.69, 9.17) is 11.6 Å². The van der Waals surface area contributed by atoms with Crippen molar-refractivity contribution in [3.63, 3.8) is 0 Å². The highest BCUT2D eigenvalue weighted by Gasteiger charge is 1.98. The molecule has 2 rings (SSSR count). The van der Waals surface area contributed by atoms with Gasteiger partial charge in [0.2, 0.25) is 0 Å². The summed E-state index contributed by atoms with van der Waals surface area (Å²) in [7, 11) is 0. The molecule has 0 fully saturated rings. The van der Waals surface area contributed by atoms with Crippen molar-refractivity contribution in [3.05, 3.63) is 58.7 Å². The molecule has 0 aliphatic carbocycles. The van der Waals surface area contributed by atoms with Gasteiger partial charge < -0.3 is 5.32 Å². The minimum atomic E-state index is 0.690. The first-order valence-corrected chi connectivity index (χ1v) is 5.53. The first-order chi connectivity index (χ1) is 7.75. The van der Waals surface area contributed by atoms with Crippen LogP contribution >= 0.6 is 11.6 Å². The molecule has 0 atom stereocenters. The Labute approximate surface area is 100 Å². The molecular weight excluding hydrogens is 220 g/mol. The Balaban J connectivity index is 2.02. The van der Waals surface area contributed by atoms with Gasteiger partial charge in [0.15, 0.2) is 0 Å². The third kappa shape index (κ3) is 2.74. The van der Waals surface area contributed by atoms with Crippen LogP contribution in [0.2, 0.25) is 5.02 Å². The number of hydrogen-bond acceptors (Lipinski definition) is 2. The second-order valence-corrected chi connectivity index (χ2v) is 4.07. The van der Waals surface area contributed by atoms with Gasteiger partial charge in [0.1, 0.15) is 5.82 Å². The number of nitrogens with one attached hydrogen (secondary N) is 1. The summed E-state index contributed by atoms with van der Waals surface area (Å²) < 4.78 is 0. The summed E-state index contributed by atoms with van der Waals surface area (Å²) in [5.74, 6) is 0.866. The van der Waals surface area contributed by atoms with Gasteiger partial charge in [-0.2, -0.15) is 0 Å². The molecule has 0 aliphatic heterocycles. The van der Waals surface area contributed by atoms with Gasteiger partial charge >= 0.3 is 0 Å². The molecule has 1 N–H and O–H groups in total. The van der Waals surface area contributed by atoms with Gasteiger partial charge in [-0.25, -0.2) is 4.98 Å². The van der Waals surface area contributed by atoms with Crippen molar-refractivity contribution in [1.82, 2.24) is 4.98 Å². The van der Waals surface area contributed by atoms with Crippen molar-refractivity contribution in [3.8, 4) is 0 Å². The van der Waals surface area contributed by atoms with Crippen LogP contribution < -0.4 is 5.32 Å². The van der Waals surface area contributed by atoms with E-state index in [1.807, 2.05) is 49.5 Å². The predicted molar refractivity (Wildman–Crippen MR) is 67.8 cm³/mol. The molecule has 0 spiro atoms. The van der Waals surface area contributed by atoms with Crippen LogP contribution in [-0.2, 0) is 6.54 Å². The molecule has 0 amide bonds. The fourth-order valence-electron chi connectivity index (χ4n) is 1.40. The average Bonchev–Trinajstić information content (AvgIpc) is 2.30. The van der Waals surface area contributed by atoms with Crippen molar-refractivity contribution in [2.75, 3.05) is 5.32 Å². The number of hydrogen-bond donors (Lipinski definition) is 1. The number of nitrogens with zero attached hydrogens (tertiary/aromatic N) is 1. The number of aromatic nitrogens is 1.